The molecule has 0 unspecified atom stereocenters. The molecule has 0 saturated carbocycles. The molecular weight excluding hydrogens is 331 g/mol. The molecule has 17 heavy (non-hydrogen) atoms. The fraction of sp³-hybridized carbons (Fsp3) is 0.0769. The Morgan fingerprint density at radius 1 is 0.941 bits per heavy atom. The topological polar surface area (TPSA) is 38.7 Å². The number of benzene rings is 2. The van der Waals surface area contributed by atoms with Crippen LogP contribution in [0.25, 0.3) is 11.1 Å². The third-order valence-electron chi connectivity index (χ3n) is 2.45. The van der Waals surface area contributed by atoms with Crippen molar-refractivity contribution in [2.75, 3.05) is 7.11 Å². The van der Waals surface area contributed by atoms with Crippen LogP contribution >= 0.6 is 23.0 Å². The summed E-state index contributed by atoms with van der Waals surface area (Å²) >= 11 is 1.82. The lowest BCUT2D eigenvalue weighted by molar-refractivity contribution is 0.403. The lowest BCUT2D eigenvalue weighted by atomic mass is 10.1. The Hall–Kier alpha value is -1.43. The van der Waals surface area contributed by atoms with Gasteiger partial charge in [0.15, 0.2) is 34.5 Å². The van der Waals surface area contributed by atoms with Gasteiger partial charge in [-0.15, -0.1) is 0 Å². The third-order valence-corrected chi connectivity index (χ3v) is 2.92. The Bertz CT molecular complexity index is 509. The van der Waals surface area contributed by atoms with Crippen molar-refractivity contribution in [3.05, 3.63) is 42.5 Å². The number of aromatic hydroxyl groups is 1. The highest BCUT2D eigenvalue weighted by Gasteiger charge is 2.06. The first-order valence-electron chi connectivity index (χ1n) is 5.00. The maximum absolute atomic E-state index is 9.24. The summed E-state index contributed by atoms with van der Waals surface area (Å²) in [7, 11) is 1.61. The van der Waals surface area contributed by atoms with E-state index in [4.69, 9.17) is 7.80 Å². The van der Waals surface area contributed by atoms with E-state index >= 15 is 0 Å². The number of hydrogen-bond donors (Lipinski definition) is 1. The second-order valence-corrected chi connectivity index (χ2v) is 3.93. The van der Waals surface area contributed by atoms with Gasteiger partial charge in [-0.2, -0.15) is 0 Å². The molecule has 0 bridgehead atoms. The van der Waals surface area contributed by atoms with Crippen LogP contribution in [0.2, 0.25) is 0 Å². The van der Waals surface area contributed by atoms with Crippen LogP contribution in [0.4, 0.5) is 0 Å². The number of ether oxygens (including phenoxy) is 1. The molecule has 88 valence electrons. The molecule has 0 aliphatic rings. The number of phenolic OH excluding ortho intramolecular Hbond substituents is 1. The number of methoxy groups -OCH3 is 1. The smallest absolute Gasteiger partial charge is 0.192 e. The Morgan fingerprint density at radius 2 is 1.59 bits per heavy atom. The van der Waals surface area contributed by atoms with E-state index in [1.165, 1.54) is 0 Å². The van der Waals surface area contributed by atoms with Crippen LogP contribution in [0.1, 0.15) is 0 Å². The van der Waals surface area contributed by atoms with Crippen molar-refractivity contribution in [1.82, 2.24) is 0 Å². The predicted octanol–water partition coefficient (Wildman–Crippen LogP) is 3.80. The molecule has 0 aliphatic heterocycles. The van der Waals surface area contributed by atoms with Crippen LogP contribution < -0.4 is 7.80 Å². The predicted molar refractivity (Wildman–Crippen MR) is 74.7 cm³/mol. The highest BCUT2D eigenvalue weighted by molar-refractivity contribution is 14.1. The average molecular weight is 342 g/mol. The minimum absolute atomic E-state index is 0.257. The standard InChI is InChI=1S/C13H11IO3/c1-16-13-8-10(4-7-12(13)17-14)9-2-5-11(15)6-3-9/h2-8,15H,1H3. The molecule has 0 spiro atoms. The van der Waals surface area contributed by atoms with Gasteiger partial charge in [-0.05, 0) is 35.4 Å². The maximum Gasteiger partial charge on any atom is 0.192 e. The van der Waals surface area contributed by atoms with Crippen LogP contribution in [-0.2, 0) is 0 Å². The average Bonchev–Trinajstić information content (AvgIpc) is 2.39. The summed E-state index contributed by atoms with van der Waals surface area (Å²) in [5, 5.41) is 9.24. The van der Waals surface area contributed by atoms with E-state index in [0.717, 1.165) is 11.1 Å². The fourth-order valence-electron chi connectivity index (χ4n) is 1.56. The zero-order chi connectivity index (χ0) is 12.3. The zero-order valence-corrected chi connectivity index (χ0v) is 11.3. The second kappa shape index (κ2) is 5.27. The van der Waals surface area contributed by atoms with E-state index in [0.29, 0.717) is 11.5 Å². The monoisotopic (exact) mass is 342 g/mol. The van der Waals surface area contributed by atoms with Crippen LogP contribution in [0.15, 0.2) is 42.5 Å². The first kappa shape index (κ1) is 12.0. The minimum atomic E-state index is 0.257. The molecule has 0 amide bonds. The highest BCUT2D eigenvalue weighted by Crippen LogP contribution is 2.33. The Labute approximate surface area is 114 Å². The summed E-state index contributed by atoms with van der Waals surface area (Å²) in [6, 6.07) is 12.7. The molecule has 0 aromatic heterocycles. The molecular formula is C13H11IO3. The van der Waals surface area contributed by atoms with Crippen molar-refractivity contribution >= 4 is 23.0 Å². The van der Waals surface area contributed by atoms with Gasteiger partial charge < -0.3 is 12.9 Å². The normalized spacial score (nSPS) is 10.0. The molecule has 2 aromatic carbocycles. The van der Waals surface area contributed by atoms with Crippen molar-refractivity contribution in [3.8, 4) is 28.4 Å². The third kappa shape index (κ3) is 2.63. The van der Waals surface area contributed by atoms with Gasteiger partial charge in [-0.25, -0.2) is 0 Å². The van der Waals surface area contributed by atoms with Crippen LogP contribution in [0, 0.1) is 0 Å². The largest absolute Gasteiger partial charge is 0.508 e. The van der Waals surface area contributed by atoms with Crippen molar-refractivity contribution < 1.29 is 12.9 Å². The summed E-state index contributed by atoms with van der Waals surface area (Å²) in [6.45, 7) is 0. The van der Waals surface area contributed by atoms with E-state index in [2.05, 4.69) is 0 Å². The summed E-state index contributed by atoms with van der Waals surface area (Å²) in [5.41, 5.74) is 2.03. The van der Waals surface area contributed by atoms with Gasteiger partial charge in [0, 0.05) is 0 Å². The molecule has 2 aromatic rings. The van der Waals surface area contributed by atoms with Crippen molar-refractivity contribution in [2.45, 2.75) is 0 Å². The molecule has 0 saturated heterocycles. The molecule has 0 fully saturated rings. The molecule has 1 N–H and O–H groups in total. The highest BCUT2D eigenvalue weighted by atomic mass is 127. The van der Waals surface area contributed by atoms with E-state index in [-0.39, 0.29) is 5.75 Å². The number of rotatable bonds is 3. The summed E-state index contributed by atoms with van der Waals surface area (Å²) in [5.74, 6) is 1.63. The zero-order valence-electron chi connectivity index (χ0n) is 9.18. The Morgan fingerprint density at radius 3 is 2.18 bits per heavy atom. The lowest BCUT2D eigenvalue weighted by Gasteiger charge is -2.08. The maximum atomic E-state index is 9.24. The molecule has 0 radical (unpaired) electrons. The summed E-state index contributed by atoms with van der Waals surface area (Å²) in [4.78, 5) is 0. The molecule has 4 heteroatoms. The van der Waals surface area contributed by atoms with Crippen LogP contribution in [0.5, 0.6) is 17.2 Å². The lowest BCUT2D eigenvalue weighted by Crippen LogP contribution is -1.87. The van der Waals surface area contributed by atoms with Crippen molar-refractivity contribution in [3.63, 3.8) is 0 Å². The quantitative estimate of drug-likeness (QED) is 0.863. The summed E-state index contributed by atoms with van der Waals surface area (Å²) < 4.78 is 10.4. The van der Waals surface area contributed by atoms with Gasteiger partial charge in [0.1, 0.15) is 5.75 Å². The molecule has 0 atom stereocenters. The van der Waals surface area contributed by atoms with Gasteiger partial charge in [0.2, 0.25) is 0 Å². The Balaban J connectivity index is 2.42. The number of halogens is 1. The van der Waals surface area contributed by atoms with Crippen molar-refractivity contribution in [1.29, 1.82) is 0 Å². The van der Waals surface area contributed by atoms with Gasteiger partial charge >= 0.3 is 0 Å². The summed E-state index contributed by atoms with van der Waals surface area (Å²) in [6.07, 6.45) is 0. The van der Waals surface area contributed by atoms with Gasteiger partial charge in [0.05, 0.1) is 7.11 Å². The van der Waals surface area contributed by atoms with E-state index < -0.39 is 0 Å². The SMILES string of the molecule is COc1cc(-c2ccc(O)cc2)ccc1OI. The number of hydrogen-bond acceptors (Lipinski definition) is 3. The number of phenols is 1. The molecule has 3 nitrogen and oxygen atoms in total. The van der Waals surface area contributed by atoms with Gasteiger partial charge in [0.25, 0.3) is 0 Å². The Kier molecular flexibility index (Phi) is 3.73. The van der Waals surface area contributed by atoms with Gasteiger partial charge in [-0.3, -0.25) is 0 Å². The van der Waals surface area contributed by atoms with Crippen LogP contribution in [0.3, 0.4) is 0 Å². The van der Waals surface area contributed by atoms with E-state index in [1.54, 1.807) is 19.2 Å². The molecule has 0 aliphatic carbocycles. The van der Waals surface area contributed by atoms with Gasteiger partial charge in [-0.1, -0.05) is 18.2 Å². The minimum Gasteiger partial charge on any atom is -0.508 e. The van der Waals surface area contributed by atoms with E-state index in [1.807, 2.05) is 53.3 Å². The first-order chi connectivity index (χ1) is 8.24. The molecule has 0 heterocycles. The second-order valence-electron chi connectivity index (χ2n) is 3.49. The van der Waals surface area contributed by atoms with E-state index in [9.17, 15) is 5.11 Å². The molecule has 2 rings (SSSR count). The first-order valence-corrected chi connectivity index (χ1v) is 5.88. The van der Waals surface area contributed by atoms with Crippen LogP contribution in [-0.4, -0.2) is 12.2 Å². The fourth-order valence-corrected chi connectivity index (χ4v) is 1.93. The van der Waals surface area contributed by atoms with Crippen molar-refractivity contribution in [2.24, 2.45) is 0 Å².